The summed E-state index contributed by atoms with van der Waals surface area (Å²) in [5.74, 6) is -1.03. The molecule has 0 heterocycles. The largest absolute Gasteiger partial charge is 0.523 e. The van der Waals surface area contributed by atoms with Crippen molar-refractivity contribution in [1.82, 2.24) is 0 Å². The number of benzene rings is 1. The fraction of sp³-hybridized carbons (Fsp3) is 0.400. The van der Waals surface area contributed by atoms with E-state index in [2.05, 4.69) is 4.18 Å². The molecule has 0 aliphatic rings. The lowest BCUT2D eigenvalue weighted by molar-refractivity contribution is -0.0570. The van der Waals surface area contributed by atoms with Gasteiger partial charge in [-0.15, -0.1) is 0 Å². The number of alkyl halides is 3. The third-order valence-electron chi connectivity index (χ3n) is 2.19. The Labute approximate surface area is 107 Å². The fourth-order valence-corrected chi connectivity index (χ4v) is 1.97. The molecule has 1 aromatic carbocycles. The quantitative estimate of drug-likeness (QED) is 0.487. The average molecular weight is 302 g/mol. The van der Waals surface area contributed by atoms with Gasteiger partial charge in [-0.25, -0.2) is 4.39 Å². The van der Waals surface area contributed by atoms with Gasteiger partial charge >= 0.3 is 15.6 Å². The predicted molar refractivity (Wildman–Crippen MR) is 57.4 cm³/mol. The summed E-state index contributed by atoms with van der Waals surface area (Å²) in [4.78, 5) is 0. The molecule has 4 nitrogen and oxygen atoms in total. The van der Waals surface area contributed by atoms with Crippen LogP contribution in [0.1, 0.15) is 18.6 Å². The number of hydrogen-bond donors (Lipinski definition) is 0. The Morgan fingerprint density at radius 3 is 2.32 bits per heavy atom. The van der Waals surface area contributed by atoms with Crippen molar-refractivity contribution in [3.8, 4) is 5.75 Å². The Balaban J connectivity index is 3.13. The molecule has 0 N–H and O–H groups in total. The van der Waals surface area contributed by atoms with Crippen LogP contribution < -0.4 is 4.74 Å². The molecule has 0 aromatic heterocycles. The van der Waals surface area contributed by atoms with Crippen molar-refractivity contribution in [2.24, 2.45) is 0 Å². The highest BCUT2D eigenvalue weighted by Gasteiger charge is 2.48. The molecule has 0 radical (unpaired) electrons. The molecular formula is C10H10F4O4S. The van der Waals surface area contributed by atoms with Crippen LogP contribution in [0.4, 0.5) is 17.6 Å². The lowest BCUT2D eigenvalue weighted by Gasteiger charge is -2.17. The van der Waals surface area contributed by atoms with Crippen molar-refractivity contribution in [2.75, 3.05) is 7.11 Å². The molecule has 1 atom stereocenters. The summed E-state index contributed by atoms with van der Waals surface area (Å²) < 4.78 is 80.3. The maximum Gasteiger partial charge on any atom is 0.523 e. The van der Waals surface area contributed by atoms with Crippen LogP contribution in [0.3, 0.4) is 0 Å². The van der Waals surface area contributed by atoms with Crippen LogP contribution in [0.2, 0.25) is 0 Å². The standard InChI is InChI=1S/C10H10F4O4S/c1-6(18-19(15,16)10(12,13)14)9-7(11)4-3-5-8(9)17-2/h3-6H,1-2H3. The molecule has 0 spiro atoms. The Hall–Kier alpha value is -1.35. The van der Waals surface area contributed by atoms with Gasteiger partial charge in [0, 0.05) is 0 Å². The summed E-state index contributed by atoms with van der Waals surface area (Å²) in [5.41, 5.74) is -5.97. The molecule has 1 aromatic rings. The van der Waals surface area contributed by atoms with Gasteiger partial charge in [0.05, 0.1) is 12.7 Å². The number of halogens is 4. The van der Waals surface area contributed by atoms with E-state index >= 15 is 0 Å². The van der Waals surface area contributed by atoms with E-state index in [9.17, 15) is 26.0 Å². The van der Waals surface area contributed by atoms with Crippen LogP contribution in [-0.2, 0) is 14.3 Å². The molecule has 0 amide bonds. The van der Waals surface area contributed by atoms with Crippen LogP contribution in [0.25, 0.3) is 0 Å². The predicted octanol–water partition coefficient (Wildman–Crippen LogP) is 2.76. The Morgan fingerprint density at radius 1 is 1.26 bits per heavy atom. The van der Waals surface area contributed by atoms with E-state index in [1.54, 1.807) is 0 Å². The minimum absolute atomic E-state index is 0.107. The van der Waals surface area contributed by atoms with Gasteiger partial charge in [0.2, 0.25) is 0 Å². The molecule has 19 heavy (non-hydrogen) atoms. The molecule has 9 heteroatoms. The number of rotatable bonds is 4. The minimum Gasteiger partial charge on any atom is -0.496 e. The Bertz CT molecular complexity index is 553. The SMILES string of the molecule is COc1cccc(F)c1C(C)OS(=O)(=O)C(F)(F)F. The van der Waals surface area contributed by atoms with E-state index < -0.39 is 33.1 Å². The van der Waals surface area contributed by atoms with Crippen molar-refractivity contribution in [3.05, 3.63) is 29.6 Å². The second kappa shape index (κ2) is 5.33. The van der Waals surface area contributed by atoms with Crippen LogP contribution in [0, 0.1) is 5.82 Å². The molecule has 0 saturated carbocycles. The van der Waals surface area contributed by atoms with Gasteiger partial charge in [-0.05, 0) is 19.1 Å². The highest BCUT2D eigenvalue weighted by molar-refractivity contribution is 7.87. The van der Waals surface area contributed by atoms with Crippen molar-refractivity contribution < 1.29 is 34.9 Å². The zero-order valence-corrected chi connectivity index (χ0v) is 10.7. The minimum atomic E-state index is -5.81. The lowest BCUT2D eigenvalue weighted by atomic mass is 10.1. The summed E-state index contributed by atoms with van der Waals surface area (Å²) in [6.45, 7) is 0.976. The maximum absolute atomic E-state index is 13.5. The molecule has 0 aliphatic heterocycles. The van der Waals surface area contributed by atoms with Gasteiger partial charge in [0.1, 0.15) is 17.7 Å². The van der Waals surface area contributed by atoms with Gasteiger partial charge in [0.15, 0.2) is 0 Å². The normalized spacial score (nSPS) is 14.2. The summed E-state index contributed by atoms with van der Waals surface area (Å²) in [5, 5.41) is 0. The van der Waals surface area contributed by atoms with Crippen molar-refractivity contribution in [3.63, 3.8) is 0 Å². The molecule has 108 valence electrons. The molecule has 1 rings (SSSR count). The summed E-state index contributed by atoms with van der Waals surface area (Å²) in [6.07, 6.45) is -1.68. The number of methoxy groups -OCH3 is 1. The van der Waals surface area contributed by atoms with E-state index in [4.69, 9.17) is 4.74 Å². The molecule has 1 unspecified atom stereocenters. The second-order valence-electron chi connectivity index (χ2n) is 3.49. The van der Waals surface area contributed by atoms with E-state index in [-0.39, 0.29) is 5.75 Å². The van der Waals surface area contributed by atoms with Gasteiger partial charge in [-0.3, -0.25) is 4.18 Å². The van der Waals surface area contributed by atoms with E-state index in [0.29, 0.717) is 0 Å². The first-order valence-corrected chi connectivity index (χ1v) is 6.33. The van der Waals surface area contributed by atoms with Crippen LogP contribution in [0.15, 0.2) is 18.2 Å². The van der Waals surface area contributed by atoms with E-state index in [1.165, 1.54) is 19.2 Å². The molecule has 0 bridgehead atoms. The maximum atomic E-state index is 13.5. The summed E-state index contributed by atoms with van der Waals surface area (Å²) in [7, 11) is -4.64. The van der Waals surface area contributed by atoms with Crippen molar-refractivity contribution in [1.29, 1.82) is 0 Å². The topological polar surface area (TPSA) is 52.6 Å². The molecule has 0 aliphatic carbocycles. The zero-order valence-electron chi connectivity index (χ0n) is 9.86. The fourth-order valence-electron chi connectivity index (χ4n) is 1.38. The summed E-state index contributed by atoms with van der Waals surface area (Å²) in [6, 6.07) is 3.50. The van der Waals surface area contributed by atoms with Crippen LogP contribution in [-0.4, -0.2) is 21.0 Å². The third-order valence-corrected chi connectivity index (χ3v) is 3.30. The highest BCUT2D eigenvalue weighted by Crippen LogP contribution is 2.34. The first kappa shape index (κ1) is 15.7. The Kier molecular flexibility index (Phi) is 4.41. The number of ether oxygens (including phenoxy) is 1. The van der Waals surface area contributed by atoms with Gasteiger partial charge in [0.25, 0.3) is 0 Å². The van der Waals surface area contributed by atoms with Gasteiger partial charge < -0.3 is 4.74 Å². The van der Waals surface area contributed by atoms with Crippen molar-refractivity contribution in [2.45, 2.75) is 18.5 Å². The molecular weight excluding hydrogens is 292 g/mol. The van der Waals surface area contributed by atoms with Crippen molar-refractivity contribution >= 4 is 10.1 Å². The second-order valence-corrected chi connectivity index (χ2v) is 5.06. The van der Waals surface area contributed by atoms with Crippen LogP contribution in [0.5, 0.6) is 5.75 Å². The average Bonchev–Trinajstić information content (AvgIpc) is 2.26. The van der Waals surface area contributed by atoms with E-state index in [1.807, 2.05) is 0 Å². The van der Waals surface area contributed by atoms with Gasteiger partial charge in [-0.1, -0.05) is 6.07 Å². The highest BCUT2D eigenvalue weighted by atomic mass is 32.2. The lowest BCUT2D eigenvalue weighted by Crippen LogP contribution is -2.27. The molecule has 0 saturated heterocycles. The number of hydrogen-bond acceptors (Lipinski definition) is 4. The first-order valence-electron chi connectivity index (χ1n) is 4.92. The zero-order chi connectivity index (χ0) is 14.8. The summed E-state index contributed by atoms with van der Waals surface area (Å²) >= 11 is 0. The third kappa shape index (κ3) is 3.35. The smallest absolute Gasteiger partial charge is 0.496 e. The first-order chi connectivity index (χ1) is 8.60. The molecule has 0 fully saturated rings. The monoisotopic (exact) mass is 302 g/mol. The Morgan fingerprint density at radius 2 is 1.84 bits per heavy atom. The van der Waals surface area contributed by atoms with Gasteiger partial charge in [-0.2, -0.15) is 21.6 Å². The van der Waals surface area contributed by atoms with Crippen LogP contribution >= 0.6 is 0 Å². The van der Waals surface area contributed by atoms with E-state index in [0.717, 1.165) is 13.0 Å².